The van der Waals surface area contributed by atoms with Gasteiger partial charge in [-0.1, -0.05) is 24.3 Å². The number of thiophene rings is 4. The van der Waals surface area contributed by atoms with Gasteiger partial charge in [0.25, 0.3) is 0 Å². The Kier molecular flexibility index (Phi) is 15.0. The summed E-state index contributed by atoms with van der Waals surface area (Å²) in [6.07, 6.45) is 0. The number of carbonyl (C=O) groups excluding carboxylic acids is 4. The fourth-order valence-corrected chi connectivity index (χ4v) is 3.81. The minimum atomic E-state index is -1.10. The van der Waals surface area contributed by atoms with E-state index < -0.39 is 23.9 Å². The summed E-state index contributed by atoms with van der Waals surface area (Å²) in [6, 6.07) is 12.8. The normalized spacial score (nSPS) is 8.73. The van der Waals surface area contributed by atoms with Crippen molar-refractivity contribution >= 4 is 80.2 Å². The van der Waals surface area contributed by atoms with Gasteiger partial charge in [-0.25, -0.2) is 0 Å². The van der Waals surface area contributed by atoms with E-state index in [2.05, 4.69) is 0 Å². The molecule has 0 spiro atoms. The molecule has 33 heavy (non-hydrogen) atoms. The molecule has 0 aliphatic rings. The van der Waals surface area contributed by atoms with Crippen molar-refractivity contribution in [3.8, 4) is 0 Å². The average molecular weight is 537 g/mol. The SMILES string of the molecule is O=C([O-])c1cccs1.O=C([O-])c1cccs1.O=C([O-])c1cccs1.O=C([O-])c1cccs1.[Si+4]. The monoisotopic (exact) mass is 536 g/mol. The van der Waals surface area contributed by atoms with Crippen LogP contribution in [0.25, 0.3) is 0 Å². The topological polar surface area (TPSA) is 161 Å². The molecule has 0 atom stereocenters. The van der Waals surface area contributed by atoms with Gasteiger partial charge in [0.2, 0.25) is 0 Å². The van der Waals surface area contributed by atoms with Crippen LogP contribution in [0.15, 0.2) is 70.1 Å². The first-order valence-corrected chi connectivity index (χ1v) is 11.7. The van der Waals surface area contributed by atoms with Gasteiger partial charge in [0.1, 0.15) is 0 Å². The summed E-state index contributed by atoms with van der Waals surface area (Å²) in [5.74, 6) is -4.39. The van der Waals surface area contributed by atoms with Crippen molar-refractivity contribution in [3.63, 3.8) is 0 Å². The first-order chi connectivity index (χ1) is 15.2. The first-order valence-electron chi connectivity index (χ1n) is 8.21. The van der Waals surface area contributed by atoms with Crippen LogP contribution in [-0.2, 0) is 0 Å². The fraction of sp³-hybridized carbons (Fsp3) is 0. The van der Waals surface area contributed by atoms with E-state index in [0.29, 0.717) is 0 Å². The fourth-order valence-electron chi connectivity index (χ4n) is 1.58. The predicted molar refractivity (Wildman–Crippen MR) is 120 cm³/mol. The second kappa shape index (κ2) is 16.5. The van der Waals surface area contributed by atoms with E-state index in [4.69, 9.17) is 0 Å². The number of carboxylic acid groups (broad SMARTS) is 4. The van der Waals surface area contributed by atoms with Crippen LogP contribution in [-0.4, -0.2) is 34.8 Å². The number of rotatable bonds is 4. The zero-order valence-corrected chi connectivity index (χ0v) is 20.6. The minimum absolute atomic E-state index is 0. The minimum Gasteiger partial charge on any atom is -0.544 e. The molecule has 13 heteroatoms. The summed E-state index contributed by atoms with van der Waals surface area (Å²) in [7, 11) is 0. The molecular formula is C20H12O8S4Si. The zero-order chi connectivity index (χ0) is 23.9. The van der Waals surface area contributed by atoms with Crippen LogP contribution in [0.1, 0.15) is 38.7 Å². The number of hydrogen-bond donors (Lipinski definition) is 0. The molecule has 8 nitrogen and oxygen atoms in total. The Bertz CT molecular complexity index is 897. The summed E-state index contributed by atoms with van der Waals surface area (Å²) < 4.78 is 0. The number of carboxylic acids is 4. The molecule has 168 valence electrons. The third-order valence-electron chi connectivity index (χ3n) is 2.89. The van der Waals surface area contributed by atoms with Gasteiger partial charge >= 0.3 is 11.0 Å². The van der Waals surface area contributed by atoms with Crippen molar-refractivity contribution in [2.45, 2.75) is 0 Å². The van der Waals surface area contributed by atoms with Crippen molar-refractivity contribution in [3.05, 3.63) is 89.6 Å². The quantitative estimate of drug-likeness (QED) is 0.331. The summed E-state index contributed by atoms with van der Waals surface area (Å²) in [6.45, 7) is 0. The number of aromatic carboxylic acids is 4. The van der Waals surface area contributed by atoms with Crippen molar-refractivity contribution in [1.82, 2.24) is 0 Å². The molecule has 0 N–H and O–H groups in total. The maximum absolute atomic E-state index is 9.96. The second-order valence-electron chi connectivity index (χ2n) is 5.06. The molecule has 0 bridgehead atoms. The van der Waals surface area contributed by atoms with Crippen LogP contribution in [0.5, 0.6) is 0 Å². The van der Waals surface area contributed by atoms with Crippen LogP contribution >= 0.6 is 45.3 Å². The van der Waals surface area contributed by atoms with Gasteiger partial charge in [0.05, 0.1) is 23.9 Å². The van der Waals surface area contributed by atoms with Gasteiger partial charge in [0, 0.05) is 19.5 Å². The van der Waals surface area contributed by atoms with Crippen molar-refractivity contribution in [2.24, 2.45) is 0 Å². The molecule has 0 saturated carbocycles. The molecule has 4 aromatic rings. The summed E-state index contributed by atoms with van der Waals surface area (Å²) in [4.78, 5) is 41.0. The Morgan fingerprint density at radius 3 is 0.697 bits per heavy atom. The van der Waals surface area contributed by atoms with Crippen LogP contribution < -0.4 is 20.4 Å². The van der Waals surface area contributed by atoms with Gasteiger partial charge in [-0.15, -0.1) is 45.3 Å². The Hall–Kier alpha value is -3.10. The van der Waals surface area contributed by atoms with E-state index in [9.17, 15) is 39.6 Å². The van der Waals surface area contributed by atoms with Gasteiger partial charge < -0.3 is 39.6 Å². The molecule has 0 saturated heterocycles. The Morgan fingerprint density at radius 2 is 0.636 bits per heavy atom. The van der Waals surface area contributed by atoms with Crippen molar-refractivity contribution in [2.75, 3.05) is 0 Å². The maximum Gasteiger partial charge on any atom is 4.00 e. The van der Waals surface area contributed by atoms with E-state index >= 15 is 0 Å². The number of carbonyl (C=O) groups is 4. The molecule has 4 heterocycles. The van der Waals surface area contributed by atoms with Gasteiger partial charge in [-0.3, -0.25) is 0 Å². The largest absolute Gasteiger partial charge is 4.00 e. The summed E-state index contributed by atoms with van der Waals surface area (Å²) >= 11 is 4.68. The Labute approximate surface area is 208 Å². The number of hydrogen-bond acceptors (Lipinski definition) is 12. The molecule has 0 radical (unpaired) electrons. The van der Waals surface area contributed by atoms with E-state index in [1.54, 1.807) is 45.8 Å². The third-order valence-corrected chi connectivity index (χ3v) is 6.29. The molecule has 0 aliphatic heterocycles. The van der Waals surface area contributed by atoms with Gasteiger partial charge in [-0.2, -0.15) is 0 Å². The molecule has 0 amide bonds. The van der Waals surface area contributed by atoms with Gasteiger partial charge in [-0.05, 0) is 45.8 Å². The van der Waals surface area contributed by atoms with Crippen LogP contribution in [0.4, 0.5) is 0 Å². The summed E-state index contributed by atoms with van der Waals surface area (Å²) in [5, 5.41) is 46.6. The zero-order valence-electron chi connectivity index (χ0n) is 16.3. The van der Waals surface area contributed by atoms with E-state index in [0.717, 1.165) is 0 Å². The van der Waals surface area contributed by atoms with Crippen molar-refractivity contribution in [1.29, 1.82) is 0 Å². The van der Waals surface area contributed by atoms with E-state index in [1.165, 1.54) is 69.6 Å². The van der Waals surface area contributed by atoms with Gasteiger partial charge in [0.15, 0.2) is 0 Å². The molecule has 0 aliphatic carbocycles. The molecule has 0 fully saturated rings. The van der Waals surface area contributed by atoms with E-state index in [-0.39, 0.29) is 30.5 Å². The third kappa shape index (κ3) is 12.5. The molecule has 4 rings (SSSR count). The van der Waals surface area contributed by atoms with Crippen molar-refractivity contribution < 1.29 is 39.6 Å². The average Bonchev–Trinajstić information content (AvgIpc) is 3.56. The molecule has 0 aromatic carbocycles. The standard InChI is InChI=1S/4C5H4O2S.Si/c4*6-5(7)4-2-1-3-8-4;/h4*1-3H,(H,6,7);/q;;;;+4/p-4. The summed E-state index contributed by atoms with van der Waals surface area (Å²) in [5.41, 5.74) is 0. The smallest absolute Gasteiger partial charge is 0.544 e. The molecular weight excluding hydrogens is 525 g/mol. The van der Waals surface area contributed by atoms with Crippen LogP contribution in [0.2, 0.25) is 0 Å². The molecule has 0 unspecified atom stereocenters. The Balaban J connectivity index is 0.000000410. The Morgan fingerprint density at radius 1 is 0.455 bits per heavy atom. The maximum atomic E-state index is 9.96. The first kappa shape index (κ1) is 29.9. The second-order valence-corrected chi connectivity index (χ2v) is 8.85. The van der Waals surface area contributed by atoms with Crippen LogP contribution in [0.3, 0.4) is 0 Å². The van der Waals surface area contributed by atoms with E-state index in [1.807, 2.05) is 0 Å². The molecule has 4 aromatic heterocycles. The predicted octanol–water partition coefficient (Wildman–Crippen LogP) is 0.0656. The van der Waals surface area contributed by atoms with Crippen LogP contribution in [0, 0.1) is 0 Å².